The number of hydrogen-bond acceptors (Lipinski definition) is 7. The first kappa shape index (κ1) is 24.4. The second kappa shape index (κ2) is 9.62. The molecule has 2 aromatic heterocycles. The van der Waals surface area contributed by atoms with Gasteiger partial charge >= 0.3 is 6.18 Å². The van der Waals surface area contributed by atoms with Gasteiger partial charge in [0.25, 0.3) is 0 Å². The van der Waals surface area contributed by atoms with Crippen LogP contribution < -0.4 is 16.0 Å². The maximum atomic E-state index is 13.3. The summed E-state index contributed by atoms with van der Waals surface area (Å²) < 4.78 is 39.8. The number of nitrogens with zero attached hydrogens (tertiary/aromatic N) is 4. The average molecular weight is 514 g/mol. The number of aryl methyl sites for hydroxylation is 1. The van der Waals surface area contributed by atoms with Gasteiger partial charge in [-0.25, -0.2) is 15.0 Å². The lowest BCUT2D eigenvalue weighted by Crippen LogP contribution is -2.36. The number of fused-ring (bicyclic) bond motifs is 3. The Kier molecular flexibility index (Phi) is 6.52. The number of likely N-dealkylation sites (tertiary alicyclic amines) is 1. The maximum Gasteiger partial charge on any atom is 0.416 e. The van der Waals surface area contributed by atoms with Crippen molar-refractivity contribution in [3.63, 3.8) is 0 Å². The van der Waals surface area contributed by atoms with Crippen molar-refractivity contribution in [2.75, 3.05) is 36.1 Å². The lowest BCUT2D eigenvalue weighted by atomic mass is 10.0. The minimum atomic E-state index is -4.45. The highest BCUT2D eigenvalue weighted by atomic mass is 32.1. The van der Waals surface area contributed by atoms with Gasteiger partial charge in [0.05, 0.1) is 27.6 Å². The smallest absolute Gasteiger partial charge is 0.367 e. The quantitative estimate of drug-likeness (QED) is 0.400. The Hall–Kier alpha value is -3.31. The highest BCUT2D eigenvalue weighted by molar-refractivity contribution is 7.80. The Balaban J connectivity index is 1.39. The first-order valence-corrected chi connectivity index (χ1v) is 12.1. The Morgan fingerprint density at radius 3 is 2.61 bits per heavy atom. The summed E-state index contributed by atoms with van der Waals surface area (Å²) in [4.78, 5) is 16.5. The topological polar surface area (TPSA) is 78.0 Å². The van der Waals surface area contributed by atoms with E-state index in [-0.39, 0.29) is 5.69 Å². The van der Waals surface area contributed by atoms with Gasteiger partial charge in [-0.2, -0.15) is 13.2 Å². The van der Waals surface area contributed by atoms with Gasteiger partial charge in [-0.05, 0) is 64.2 Å². The lowest BCUT2D eigenvalue weighted by Gasteiger charge is -2.29. The minimum absolute atomic E-state index is 0.278. The number of nitrogens with one attached hydrogen (secondary N) is 3. The summed E-state index contributed by atoms with van der Waals surface area (Å²) in [6, 6.07) is 7.79. The first-order chi connectivity index (χ1) is 17.2. The number of benzene rings is 1. The number of thiocarbonyl (C=S) groups is 1. The number of aromatic nitrogens is 3. The fourth-order valence-electron chi connectivity index (χ4n) is 4.48. The Morgan fingerprint density at radius 1 is 1.11 bits per heavy atom. The van der Waals surface area contributed by atoms with Crippen LogP contribution in [0.2, 0.25) is 0 Å². The van der Waals surface area contributed by atoms with E-state index >= 15 is 0 Å². The minimum Gasteiger partial charge on any atom is -0.367 e. The number of hydrogen-bond donors (Lipinski definition) is 3. The third kappa shape index (κ3) is 5.26. The molecule has 0 bridgehead atoms. The largest absolute Gasteiger partial charge is 0.416 e. The van der Waals surface area contributed by atoms with Crippen LogP contribution in [-0.2, 0) is 12.6 Å². The van der Waals surface area contributed by atoms with Crippen LogP contribution in [0.1, 0.15) is 29.7 Å². The molecular weight excluding hydrogens is 487 g/mol. The van der Waals surface area contributed by atoms with Crippen LogP contribution in [0.3, 0.4) is 0 Å². The van der Waals surface area contributed by atoms with Crippen LogP contribution in [0.15, 0.2) is 36.5 Å². The molecule has 0 spiro atoms. The number of halogens is 3. The molecular formula is C25H26F3N7S. The molecule has 2 aliphatic rings. The molecule has 0 amide bonds. The van der Waals surface area contributed by atoms with Crippen molar-refractivity contribution in [1.82, 2.24) is 19.9 Å². The summed E-state index contributed by atoms with van der Waals surface area (Å²) in [6.45, 7) is 4.03. The molecule has 0 aliphatic carbocycles. The summed E-state index contributed by atoms with van der Waals surface area (Å²) in [6.07, 6.45) is -0.317. The molecule has 1 aromatic carbocycles. The molecule has 4 heterocycles. The van der Waals surface area contributed by atoms with Crippen molar-refractivity contribution in [2.45, 2.75) is 38.4 Å². The molecule has 7 nitrogen and oxygen atoms in total. The first-order valence-electron chi connectivity index (χ1n) is 11.7. The Morgan fingerprint density at radius 2 is 1.89 bits per heavy atom. The van der Waals surface area contributed by atoms with Crippen molar-refractivity contribution in [3.05, 3.63) is 53.3 Å². The predicted octanol–water partition coefficient (Wildman–Crippen LogP) is 5.41. The predicted molar refractivity (Wildman–Crippen MR) is 139 cm³/mol. The number of pyridine rings is 1. The van der Waals surface area contributed by atoms with E-state index < -0.39 is 11.7 Å². The number of rotatable bonds is 4. The van der Waals surface area contributed by atoms with Crippen molar-refractivity contribution >= 4 is 40.3 Å². The van der Waals surface area contributed by atoms with Gasteiger partial charge in [-0.3, -0.25) is 0 Å². The lowest BCUT2D eigenvalue weighted by molar-refractivity contribution is -0.137. The second-order valence-electron chi connectivity index (χ2n) is 9.23. The van der Waals surface area contributed by atoms with Crippen molar-refractivity contribution < 1.29 is 13.2 Å². The van der Waals surface area contributed by atoms with E-state index in [0.717, 1.165) is 60.8 Å². The monoisotopic (exact) mass is 513 g/mol. The van der Waals surface area contributed by atoms with E-state index in [1.165, 1.54) is 6.07 Å². The molecule has 5 rings (SSSR count). The van der Waals surface area contributed by atoms with Crippen LogP contribution in [0.4, 0.5) is 36.3 Å². The summed E-state index contributed by atoms with van der Waals surface area (Å²) in [5.74, 6) is 1.15. The summed E-state index contributed by atoms with van der Waals surface area (Å²) >= 11 is 5.33. The highest BCUT2D eigenvalue weighted by Crippen LogP contribution is 2.38. The van der Waals surface area contributed by atoms with Crippen LogP contribution in [0, 0.1) is 6.92 Å². The van der Waals surface area contributed by atoms with E-state index in [4.69, 9.17) is 12.2 Å². The van der Waals surface area contributed by atoms with E-state index in [1.807, 2.05) is 19.1 Å². The Labute approximate surface area is 212 Å². The fourth-order valence-corrected chi connectivity index (χ4v) is 4.75. The zero-order chi connectivity index (χ0) is 25.4. The third-order valence-electron chi connectivity index (χ3n) is 6.49. The van der Waals surface area contributed by atoms with Gasteiger partial charge in [0, 0.05) is 35.5 Å². The number of alkyl halides is 3. The van der Waals surface area contributed by atoms with Crippen molar-refractivity contribution in [2.24, 2.45) is 0 Å². The zero-order valence-corrected chi connectivity index (χ0v) is 20.7. The molecule has 0 radical (unpaired) electrons. The maximum absolute atomic E-state index is 13.3. The zero-order valence-electron chi connectivity index (χ0n) is 19.9. The van der Waals surface area contributed by atoms with Gasteiger partial charge in [0.15, 0.2) is 0 Å². The normalized spacial score (nSPS) is 16.5. The highest BCUT2D eigenvalue weighted by Gasteiger charge is 2.32. The number of piperidine rings is 1. The van der Waals surface area contributed by atoms with Crippen molar-refractivity contribution in [3.8, 4) is 11.3 Å². The Bertz CT molecular complexity index is 1300. The van der Waals surface area contributed by atoms with Gasteiger partial charge in [-0.15, -0.1) is 0 Å². The summed E-state index contributed by atoms with van der Waals surface area (Å²) in [7, 11) is 2.13. The third-order valence-corrected chi connectivity index (χ3v) is 6.74. The molecule has 11 heteroatoms. The molecule has 3 N–H and O–H groups in total. The molecule has 1 saturated heterocycles. The van der Waals surface area contributed by atoms with E-state index in [1.54, 1.807) is 6.20 Å². The van der Waals surface area contributed by atoms with Gasteiger partial charge < -0.3 is 20.9 Å². The van der Waals surface area contributed by atoms with E-state index in [0.29, 0.717) is 34.7 Å². The van der Waals surface area contributed by atoms with Crippen LogP contribution in [-0.4, -0.2) is 51.0 Å². The molecule has 188 valence electrons. The SMILES string of the molecule is Cc1nc(NC2CCN(C)CC2)ccc1Nc1ncc2c(n1)-c1ccc(C(F)(F)F)cc1NC(=S)C2. The molecule has 3 aromatic rings. The van der Waals surface area contributed by atoms with Crippen LogP contribution >= 0.6 is 12.2 Å². The van der Waals surface area contributed by atoms with Gasteiger partial charge in [0.1, 0.15) is 5.82 Å². The van der Waals surface area contributed by atoms with E-state index in [2.05, 4.69) is 42.8 Å². The number of anilines is 4. The molecule has 36 heavy (non-hydrogen) atoms. The van der Waals surface area contributed by atoms with Crippen LogP contribution in [0.25, 0.3) is 11.3 Å². The summed E-state index contributed by atoms with van der Waals surface area (Å²) in [5.41, 5.74) is 2.88. The van der Waals surface area contributed by atoms with Gasteiger partial charge in [-0.1, -0.05) is 18.3 Å². The fraction of sp³-hybridized carbons (Fsp3) is 0.360. The second-order valence-corrected chi connectivity index (χ2v) is 9.72. The summed E-state index contributed by atoms with van der Waals surface area (Å²) in [5, 5.41) is 9.65. The molecule has 1 fully saturated rings. The molecule has 2 aliphatic heterocycles. The van der Waals surface area contributed by atoms with E-state index in [9.17, 15) is 13.2 Å². The van der Waals surface area contributed by atoms with Crippen LogP contribution in [0.5, 0.6) is 0 Å². The average Bonchev–Trinajstić information content (AvgIpc) is 2.96. The molecule has 0 unspecified atom stereocenters. The molecule has 0 atom stereocenters. The van der Waals surface area contributed by atoms with Crippen molar-refractivity contribution in [1.29, 1.82) is 0 Å². The molecule has 0 saturated carbocycles. The standard InChI is InChI=1S/C25H26F3N7S/c1-14-19(5-6-21(30-14)31-17-7-9-35(2)10-8-17)33-24-29-13-15-11-22(36)32-20-12-16(25(26,27)28)3-4-18(20)23(15)34-24/h3-6,12-13,17H,7-11H2,1-2H3,(H,30,31)(H,32,36)(H,29,33,34). The van der Waals surface area contributed by atoms with Gasteiger partial charge in [0.2, 0.25) is 5.95 Å².